The molecule has 4 N–H and O–H groups in total. The van der Waals surface area contributed by atoms with Gasteiger partial charge in [0.05, 0.1) is 6.61 Å². The van der Waals surface area contributed by atoms with E-state index in [4.69, 9.17) is 18.9 Å². The van der Waals surface area contributed by atoms with Crippen molar-refractivity contribution in [3.05, 3.63) is 85.1 Å². The Bertz CT molecular complexity index is 1460. The molecular weight excluding hydrogens is 813 g/mol. The zero-order valence-corrected chi connectivity index (χ0v) is 38.5. The lowest BCUT2D eigenvalue weighted by Gasteiger charge is -2.40. The molecule has 0 aromatic rings. The van der Waals surface area contributed by atoms with E-state index in [1.165, 1.54) is 57.8 Å². The minimum absolute atomic E-state index is 0.0733. The molecule has 0 aliphatic carbocycles. The van der Waals surface area contributed by atoms with E-state index < -0.39 is 71.2 Å². The van der Waals surface area contributed by atoms with E-state index in [0.717, 1.165) is 44.9 Å². The van der Waals surface area contributed by atoms with E-state index in [9.17, 15) is 37.9 Å². The number of hydrogen-bond acceptors (Lipinski definition) is 11. The number of unbranched alkanes of at least 4 members (excludes halogenated alkanes) is 11. The van der Waals surface area contributed by atoms with Crippen LogP contribution < -0.4 is 0 Å². The van der Waals surface area contributed by atoms with Gasteiger partial charge in [-0.15, -0.1) is 0 Å². The van der Waals surface area contributed by atoms with Gasteiger partial charge in [0.15, 0.2) is 12.4 Å². The van der Waals surface area contributed by atoms with Gasteiger partial charge in [0.25, 0.3) is 10.1 Å². The number of aliphatic hydroxyl groups is 3. The molecule has 354 valence electrons. The standard InChI is InChI=1S/C49H80O12S/c1-3-5-7-9-11-13-15-17-19-21-23-25-27-29-31-33-35-37-44(50)58-39-42(40-59-49-48(54)47(53)46(52)43(61-49)41-62(55,56)57)60-45(51)38-36-34-32-30-28-26-24-22-20-18-16-14-12-10-8-6-4-2/h12,14,17-20,23-26,29-32,42-43,46-49,52-54H,3-11,13,15-16,21-22,27-28,33-41H2,1-2H3,(H,55,56,57)/b14-12+,19-17+,20-18+,25-23+,26-24+,31-29+,32-30+/t42-,43-,46-,47?,48?,49+/m1/s1. The zero-order valence-electron chi connectivity index (χ0n) is 37.7. The lowest BCUT2D eigenvalue weighted by atomic mass is 10.00. The third-order valence-corrected chi connectivity index (χ3v) is 10.7. The van der Waals surface area contributed by atoms with Crippen molar-refractivity contribution in [3.63, 3.8) is 0 Å². The van der Waals surface area contributed by atoms with Gasteiger partial charge in [-0.2, -0.15) is 8.42 Å². The van der Waals surface area contributed by atoms with E-state index in [1.807, 2.05) is 18.2 Å². The van der Waals surface area contributed by atoms with Gasteiger partial charge in [0.2, 0.25) is 0 Å². The summed E-state index contributed by atoms with van der Waals surface area (Å²) in [6.45, 7) is 3.62. The molecule has 0 aromatic carbocycles. The fraction of sp³-hybridized carbons (Fsp3) is 0.673. The SMILES string of the molecule is CCCCC/C=C/C/C=C/C/C=C/C/C=C/CCCC(=O)O[C@H](COC(=O)CCC/C=C/C/C=C/C/C=C/CCCCCCCC)CO[C@H]1O[C@H](CS(=O)(=O)O)[C@@H](O)C(O)C1O. The Kier molecular flexibility index (Phi) is 35.1. The van der Waals surface area contributed by atoms with Crippen molar-refractivity contribution >= 4 is 22.1 Å². The molecule has 12 nitrogen and oxygen atoms in total. The molecule has 1 aliphatic heterocycles. The number of carbonyl (C=O) groups is 2. The third kappa shape index (κ3) is 32.5. The Balaban J connectivity index is 2.53. The minimum Gasteiger partial charge on any atom is -0.462 e. The number of carbonyl (C=O) groups excluding carboxylic acids is 2. The highest BCUT2D eigenvalue weighted by Gasteiger charge is 2.46. The van der Waals surface area contributed by atoms with Gasteiger partial charge in [-0.05, 0) is 83.5 Å². The highest BCUT2D eigenvalue weighted by atomic mass is 32.2. The summed E-state index contributed by atoms with van der Waals surface area (Å²) >= 11 is 0. The lowest BCUT2D eigenvalue weighted by molar-refractivity contribution is -0.297. The fourth-order valence-electron chi connectivity index (χ4n) is 6.33. The second-order valence-electron chi connectivity index (χ2n) is 15.7. The zero-order chi connectivity index (χ0) is 45.5. The molecule has 0 bridgehead atoms. The van der Waals surface area contributed by atoms with Gasteiger partial charge in [0, 0.05) is 12.8 Å². The summed E-state index contributed by atoms with van der Waals surface area (Å²) in [5, 5.41) is 30.9. The van der Waals surface area contributed by atoms with Crippen LogP contribution in [0, 0.1) is 0 Å². The second kappa shape index (κ2) is 38.3. The van der Waals surface area contributed by atoms with Gasteiger partial charge < -0.3 is 34.3 Å². The van der Waals surface area contributed by atoms with Crippen molar-refractivity contribution in [2.75, 3.05) is 19.0 Å². The summed E-state index contributed by atoms with van der Waals surface area (Å²) in [6, 6.07) is 0. The molecule has 0 amide bonds. The first-order chi connectivity index (χ1) is 30.0. The largest absolute Gasteiger partial charge is 0.462 e. The van der Waals surface area contributed by atoms with Crippen LogP contribution in [0.25, 0.3) is 0 Å². The Morgan fingerprint density at radius 1 is 0.548 bits per heavy atom. The predicted octanol–water partition coefficient (Wildman–Crippen LogP) is 9.67. The number of esters is 2. The number of hydrogen-bond donors (Lipinski definition) is 4. The van der Waals surface area contributed by atoms with Crippen LogP contribution in [0.15, 0.2) is 85.1 Å². The van der Waals surface area contributed by atoms with Crippen LogP contribution in [0.5, 0.6) is 0 Å². The van der Waals surface area contributed by atoms with Crippen LogP contribution >= 0.6 is 0 Å². The Morgan fingerprint density at radius 3 is 1.47 bits per heavy atom. The minimum atomic E-state index is -4.62. The van der Waals surface area contributed by atoms with Crippen molar-refractivity contribution < 1.29 is 56.8 Å². The number of aliphatic hydroxyl groups excluding tert-OH is 3. The van der Waals surface area contributed by atoms with E-state index >= 15 is 0 Å². The Labute approximate surface area is 373 Å². The molecule has 13 heteroatoms. The fourth-order valence-corrected chi connectivity index (χ4v) is 7.02. The van der Waals surface area contributed by atoms with Crippen LogP contribution in [-0.4, -0.2) is 96.0 Å². The van der Waals surface area contributed by atoms with E-state index in [-0.39, 0.29) is 19.4 Å². The second-order valence-corrected chi connectivity index (χ2v) is 17.2. The van der Waals surface area contributed by atoms with Crippen LogP contribution in [0.4, 0.5) is 0 Å². The highest BCUT2D eigenvalue weighted by Crippen LogP contribution is 2.24. The highest BCUT2D eigenvalue weighted by molar-refractivity contribution is 7.85. The molecule has 1 aliphatic rings. The molecule has 0 radical (unpaired) electrons. The molecule has 2 unspecified atom stereocenters. The molecule has 1 fully saturated rings. The van der Waals surface area contributed by atoms with Crippen LogP contribution in [0.1, 0.15) is 155 Å². The number of rotatable bonds is 37. The molecule has 1 saturated heterocycles. The Hall–Kier alpha value is -3.17. The van der Waals surface area contributed by atoms with Crippen molar-refractivity contribution in [3.8, 4) is 0 Å². The topological polar surface area (TPSA) is 186 Å². The Morgan fingerprint density at radius 2 is 0.968 bits per heavy atom. The normalized spacial score (nSPS) is 20.6. The van der Waals surface area contributed by atoms with E-state index in [1.54, 1.807) is 0 Å². The monoisotopic (exact) mass is 893 g/mol. The van der Waals surface area contributed by atoms with Crippen molar-refractivity contribution in [1.82, 2.24) is 0 Å². The predicted molar refractivity (Wildman–Crippen MR) is 247 cm³/mol. The van der Waals surface area contributed by atoms with Gasteiger partial charge in [-0.3, -0.25) is 14.1 Å². The smallest absolute Gasteiger partial charge is 0.306 e. The first-order valence-electron chi connectivity index (χ1n) is 23.1. The summed E-state index contributed by atoms with van der Waals surface area (Å²) in [4.78, 5) is 25.4. The molecule has 6 atom stereocenters. The maximum Gasteiger partial charge on any atom is 0.306 e. The van der Waals surface area contributed by atoms with Gasteiger partial charge in [-0.1, -0.05) is 144 Å². The first-order valence-corrected chi connectivity index (χ1v) is 24.8. The van der Waals surface area contributed by atoms with Crippen LogP contribution in [-0.2, 0) is 38.7 Å². The summed E-state index contributed by atoms with van der Waals surface area (Å²) in [7, 11) is -4.62. The molecule has 0 aromatic heterocycles. The maximum atomic E-state index is 12.8. The summed E-state index contributed by atoms with van der Waals surface area (Å²) in [6.07, 6.45) is 40.7. The molecule has 62 heavy (non-hydrogen) atoms. The van der Waals surface area contributed by atoms with Crippen molar-refractivity contribution in [2.45, 2.75) is 192 Å². The third-order valence-electron chi connectivity index (χ3n) is 9.95. The van der Waals surface area contributed by atoms with Gasteiger partial charge in [-0.25, -0.2) is 0 Å². The average Bonchev–Trinajstić information content (AvgIpc) is 3.24. The van der Waals surface area contributed by atoms with Gasteiger partial charge >= 0.3 is 11.9 Å². The lowest BCUT2D eigenvalue weighted by Crippen LogP contribution is -2.60. The number of allylic oxidation sites excluding steroid dienone is 14. The molecule has 0 spiro atoms. The van der Waals surface area contributed by atoms with Crippen LogP contribution in [0.3, 0.4) is 0 Å². The van der Waals surface area contributed by atoms with Gasteiger partial charge in [0.1, 0.15) is 36.8 Å². The average molecular weight is 893 g/mol. The van der Waals surface area contributed by atoms with Crippen molar-refractivity contribution in [1.29, 1.82) is 0 Å². The van der Waals surface area contributed by atoms with E-state index in [2.05, 4.69) is 80.7 Å². The van der Waals surface area contributed by atoms with Crippen LogP contribution in [0.2, 0.25) is 0 Å². The van der Waals surface area contributed by atoms with E-state index in [0.29, 0.717) is 25.7 Å². The molecule has 1 heterocycles. The number of ether oxygens (including phenoxy) is 4. The maximum absolute atomic E-state index is 12.8. The molecular formula is C49H80O12S. The quantitative estimate of drug-likeness (QED) is 0.0201. The molecule has 1 rings (SSSR count). The summed E-state index contributed by atoms with van der Waals surface area (Å²) < 4.78 is 54.0. The first kappa shape index (κ1) is 56.8. The van der Waals surface area contributed by atoms with Crippen molar-refractivity contribution in [2.24, 2.45) is 0 Å². The summed E-state index contributed by atoms with van der Waals surface area (Å²) in [5.74, 6) is -2.14. The molecule has 0 saturated carbocycles. The summed E-state index contributed by atoms with van der Waals surface area (Å²) in [5.41, 5.74) is 0.